The third-order valence-electron chi connectivity index (χ3n) is 3.74. The van der Waals surface area contributed by atoms with E-state index in [1.807, 2.05) is 48.5 Å². The molecule has 1 N–H and O–H groups in total. The predicted molar refractivity (Wildman–Crippen MR) is 97.4 cm³/mol. The largest absolute Gasteiger partial charge is 0.494 e. The van der Waals surface area contributed by atoms with Crippen molar-refractivity contribution in [3.05, 3.63) is 54.1 Å². The zero-order chi connectivity index (χ0) is 17.9. The molecule has 0 heterocycles. The molecule has 0 radical (unpaired) electrons. The molecule has 0 saturated carbocycles. The van der Waals surface area contributed by atoms with Crippen LogP contribution in [-0.2, 0) is 11.2 Å². The highest BCUT2D eigenvalue weighted by atomic mass is 16.5. The first-order chi connectivity index (χ1) is 12.2. The Hall–Kier alpha value is -2.69. The Kier molecular flexibility index (Phi) is 7.63. The van der Waals surface area contributed by atoms with Crippen LogP contribution in [0.25, 0.3) is 0 Å². The molecule has 0 fully saturated rings. The van der Waals surface area contributed by atoms with Crippen LogP contribution in [-0.4, -0.2) is 33.3 Å². The molecule has 0 aliphatic rings. The molecule has 0 spiro atoms. The molecule has 2 aromatic carbocycles. The zero-order valence-corrected chi connectivity index (χ0v) is 14.8. The van der Waals surface area contributed by atoms with E-state index in [1.54, 1.807) is 14.2 Å². The Balaban J connectivity index is 1.63. The molecule has 25 heavy (non-hydrogen) atoms. The van der Waals surface area contributed by atoms with Gasteiger partial charge >= 0.3 is 0 Å². The Morgan fingerprint density at radius 2 is 1.76 bits per heavy atom. The van der Waals surface area contributed by atoms with E-state index in [4.69, 9.17) is 14.2 Å². The number of amides is 1. The van der Waals surface area contributed by atoms with Gasteiger partial charge in [-0.3, -0.25) is 4.79 Å². The molecular weight excluding hydrogens is 318 g/mol. The van der Waals surface area contributed by atoms with Crippen molar-refractivity contribution in [1.82, 2.24) is 5.32 Å². The fourth-order valence-electron chi connectivity index (χ4n) is 2.41. The second kappa shape index (κ2) is 10.2. The van der Waals surface area contributed by atoms with Crippen LogP contribution in [0.1, 0.15) is 18.4 Å². The molecule has 2 rings (SSSR count). The van der Waals surface area contributed by atoms with Gasteiger partial charge in [-0.05, 0) is 42.7 Å². The number of ether oxygens (including phenoxy) is 3. The maximum absolute atomic E-state index is 11.9. The van der Waals surface area contributed by atoms with E-state index in [-0.39, 0.29) is 5.91 Å². The van der Waals surface area contributed by atoms with Crippen molar-refractivity contribution in [3.8, 4) is 17.2 Å². The van der Waals surface area contributed by atoms with Gasteiger partial charge in [0.15, 0.2) is 11.5 Å². The highest BCUT2D eigenvalue weighted by Crippen LogP contribution is 2.27. The van der Waals surface area contributed by atoms with Crippen molar-refractivity contribution in [1.29, 1.82) is 0 Å². The quantitative estimate of drug-likeness (QED) is 0.673. The zero-order valence-electron chi connectivity index (χ0n) is 14.8. The van der Waals surface area contributed by atoms with Crippen LogP contribution in [0, 0.1) is 0 Å². The molecule has 0 aliphatic carbocycles. The van der Waals surface area contributed by atoms with Crippen molar-refractivity contribution in [2.75, 3.05) is 27.4 Å². The summed E-state index contributed by atoms with van der Waals surface area (Å²) in [5.41, 5.74) is 1.09. The summed E-state index contributed by atoms with van der Waals surface area (Å²) in [6.45, 7) is 1.13. The van der Waals surface area contributed by atoms with E-state index in [9.17, 15) is 4.79 Å². The number of nitrogens with one attached hydrogen (secondary N) is 1. The van der Waals surface area contributed by atoms with Gasteiger partial charge < -0.3 is 19.5 Å². The van der Waals surface area contributed by atoms with Gasteiger partial charge in [0.1, 0.15) is 5.75 Å². The first kappa shape index (κ1) is 18.6. The van der Waals surface area contributed by atoms with E-state index < -0.39 is 0 Å². The van der Waals surface area contributed by atoms with Crippen molar-refractivity contribution >= 4 is 5.91 Å². The fourth-order valence-corrected chi connectivity index (χ4v) is 2.41. The first-order valence-corrected chi connectivity index (χ1v) is 8.38. The number of benzene rings is 2. The van der Waals surface area contributed by atoms with E-state index in [1.165, 1.54) is 0 Å². The van der Waals surface area contributed by atoms with Gasteiger partial charge in [-0.1, -0.05) is 24.3 Å². The minimum Gasteiger partial charge on any atom is -0.494 e. The maximum Gasteiger partial charge on any atom is 0.220 e. The third kappa shape index (κ3) is 6.37. The van der Waals surface area contributed by atoms with Crippen molar-refractivity contribution in [2.24, 2.45) is 0 Å². The van der Waals surface area contributed by atoms with Crippen LogP contribution in [0.2, 0.25) is 0 Å². The summed E-state index contributed by atoms with van der Waals surface area (Å²) in [4.78, 5) is 11.9. The third-order valence-corrected chi connectivity index (χ3v) is 3.74. The molecule has 0 aliphatic heterocycles. The monoisotopic (exact) mass is 343 g/mol. The average Bonchev–Trinajstić information content (AvgIpc) is 2.66. The van der Waals surface area contributed by atoms with Gasteiger partial charge in [-0.2, -0.15) is 0 Å². The first-order valence-electron chi connectivity index (χ1n) is 8.38. The topological polar surface area (TPSA) is 56.8 Å². The standard InChI is InChI=1S/C20H25NO4/c1-23-18-11-10-16(15-19(18)24-2)12-13-21-20(22)9-6-14-25-17-7-4-3-5-8-17/h3-5,7-8,10-11,15H,6,9,12-14H2,1-2H3,(H,21,22). The van der Waals surface area contributed by atoms with E-state index in [0.717, 1.165) is 17.7 Å². The molecule has 0 aromatic heterocycles. The van der Waals surface area contributed by atoms with Gasteiger partial charge in [0.05, 0.1) is 20.8 Å². The van der Waals surface area contributed by atoms with Crippen LogP contribution in [0.4, 0.5) is 0 Å². The van der Waals surface area contributed by atoms with E-state index >= 15 is 0 Å². The number of hydrogen-bond donors (Lipinski definition) is 1. The second-order valence-corrected chi connectivity index (χ2v) is 5.55. The van der Waals surface area contributed by atoms with Gasteiger partial charge in [0.25, 0.3) is 0 Å². The van der Waals surface area contributed by atoms with Gasteiger partial charge in [0, 0.05) is 13.0 Å². The fraction of sp³-hybridized carbons (Fsp3) is 0.350. The molecule has 134 valence electrons. The van der Waals surface area contributed by atoms with Gasteiger partial charge in [-0.25, -0.2) is 0 Å². The second-order valence-electron chi connectivity index (χ2n) is 5.55. The summed E-state index contributed by atoms with van der Waals surface area (Å²) >= 11 is 0. The molecular formula is C20H25NO4. The Morgan fingerprint density at radius 1 is 1.00 bits per heavy atom. The predicted octanol–water partition coefficient (Wildman–Crippen LogP) is 3.22. The molecule has 0 atom stereocenters. The Labute approximate surface area is 148 Å². The van der Waals surface area contributed by atoms with Gasteiger partial charge in [0.2, 0.25) is 5.91 Å². The van der Waals surface area contributed by atoms with Crippen LogP contribution in [0.15, 0.2) is 48.5 Å². The lowest BCUT2D eigenvalue weighted by molar-refractivity contribution is -0.121. The molecule has 0 bridgehead atoms. The van der Waals surface area contributed by atoms with E-state index in [2.05, 4.69) is 5.32 Å². The summed E-state index contributed by atoms with van der Waals surface area (Å²) < 4.78 is 16.1. The van der Waals surface area contributed by atoms with E-state index in [0.29, 0.717) is 37.5 Å². The number of carbonyl (C=O) groups excluding carboxylic acids is 1. The highest BCUT2D eigenvalue weighted by Gasteiger charge is 2.05. The van der Waals surface area contributed by atoms with Crippen molar-refractivity contribution < 1.29 is 19.0 Å². The smallest absolute Gasteiger partial charge is 0.220 e. The number of hydrogen-bond acceptors (Lipinski definition) is 4. The molecule has 0 unspecified atom stereocenters. The van der Waals surface area contributed by atoms with Crippen LogP contribution in [0.5, 0.6) is 17.2 Å². The summed E-state index contributed by atoms with van der Waals surface area (Å²) in [6.07, 6.45) is 1.89. The van der Waals surface area contributed by atoms with Gasteiger partial charge in [-0.15, -0.1) is 0 Å². The van der Waals surface area contributed by atoms with Crippen molar-refractivity contribution in [2.45, 2.75) is 19.3 Å². The number of carbonyl (C=O) groups is 1. The molecule has 5 nitrogen and oxygen atoms in total. The lowest BCUT2D eigenvalue weighted by Gasteiger charge is -2.10. The maximum atomic E-state index is 11.9. The Bertz CT molecular complexity index is 658. The molecule has 1 amide bonds. The summed E-state index contributed by atoms with van der Waals surface area (Å²) in [6, 6.07) is 15.4. The SMILES string of the molecule is COc1ccc(CCNC(=O)CCCOc2ccccc2)cc1OC. The average molecular weight is 343 g/mol. The number of para-hydroxylation sites is 1. The summed E-state index contributed by atoms with van der Waals surface area (Å²) in [5.74, 6) is 2.27. The molecule has 0 saturated heterocycles. The normalized spacial score (nSPS) is 10.2. The number of methoxy groups -OCH3 is 2. The minimum absolute atomic E-state index is 0.0390. The van der Waals surface area contributed by atoms with Crippen LogP contribution < -0.4 is 19.5 Å². The lowest BCUT2D eigenvalue weighted by atomic mass is 10.1. The highest BCUT2D eigenvalue weighted by molar-refractivity contribution is 5.75. The minimum atomic E-state index is 0.0390. The summed E-state index contributed by atoms with van der Waals surface area (Å²) in [7, 11) is 3.22. The molecule has 5 heteroatoms. The number of rotatable bonds is 10. The molecule has 2 aromatic rings. The van der Waals surface area contributed by atoms with Crippen LogP contribution >= 0.6 is 0 Å². The summed E-state index contributed by atoms with van der Waals surface area (Å²) in [5, 5.41) is 2.93. The lowest BCUT2D eigenvalue weighted by Crippen LogP contribution is -2.25. The van der Waals surface area contributed by atoms with Crippen molar-refractivity contribution in [3.63, 3.8) is 0 Å². The van der Waals surface area contributed by atoms with Crippen LogP contribution in [0.3, 0.4) is 0 Å². The Morgan fingerprint density at radius 3 is 2.48 bits per heavy atom.